The molecule has 1 aliphatic rings. The normalized spacial score (nSPS) is 12.9. The number of amides is 1. The first-order valence-electron chi connectivity index (χ1n) is 8.04. The van der Waals surface area contributed by atoms with Gasteiger partial charge in [0, 0.05) is 12.6 Å². The maximum Gasteiger partial charge on any atom is 0.267 e. The highest BCUT2D eigenvalue weighted by atomic mass is 16.1. The first-order chi connectivity index (χ1) is 11.1. The number of aromatic nitrogens is 2. The van der Waals surface area contributed by atoms with Crippen LogP contribution < -0.4 is 10.9 Å². The van der Waals surface area contributed by atoms with E-state index in [1.54, 1.807) is 6.07 Å². The van der Waals surface area contributed by atoms with Gasteiger partial charge in [0.15, 0.2) is 0 Å². The number of hydrogen-bond donors (Lipinski definition) is 1. The second kappa shape index (κ2) is 6.77. The molecule has 0 unspecified atom stereocenters. The zero-order valence-corrected chi connectivity index (χ0v) is 13.3. The zero-order valence-electron chi connectivity index (χ0n) is 13.3. The Hall–Kier alpha value is -2.43. The van der Waals surface area contributed by atoms with Gasteiger partial charge in [-0.25, -0.2) is 4.68 Å². The summed E-state index contributed by atoms with van der Waals surface area (Å²) >= 11 is 0. The molecule has 0 bridgehead atoms. The molecule has 120 valence electrons. The Morgan fingerprint density at radius 3 is 2.83 bits per heavy atom. The van der Waals surface area contributed by atoms with Crippen LogP contribution in [0, 0.1) is 6.92 Å². The standard InChI is InChI=1S/C18H21N3O2/c1-13-5-7-14(8-6-13)11-17(22)19-9-10-21-18(23)12-15-3-2-4-16(15)20-21/h5-8,12H,2-4,9-11H2,1H3,(H,19,22). The van der Waals surface area contributed by atoms with Gasteiger partial charge in [-0.15, -0.1) is 0 Å². The highest BCUT2D eigenvalue weighted by molar-refractivity contribution is 5.78. The maximum absolute atomic E-state index is 12.0. The van der Waals surface area contributed by atoms with Gasteiger partial charge in [-0.2, -0.15) is 5.10 Å². The summed E-state index contributed by atoms with van der Waals surface area (Å²) in [6.45, 7) is 2.84. The van der Waals surface area contributed by atoms with E-state index in [0.717, 1.165) is 36.1 Å². The molecule has 0 radical (unpaired) electrons. The fourth-order valence-electron chi connectivity index (χ4n) is 2.85. The van der Waals surface area contributed by atoms with Gasteiger partial charge in [-0.1, -0.05) is 29.8 Å². The average molecular weight is 311 g/mol. The summed E-state index contributed by atoms with van der Waals surface area (Å²) in [5, 5.41) is 7.25. The van der Waals surface area contributed by atoms with Crippen LogP contribution in [0.4, 0.5) is 0 Å². The van der Waals surface area contributed by atoms with Crippen LogP contribution in [0.15, 0.2) is 35.1 Å². The largest absolute Gasteiger partial charge is 0.354 e. The van der Waals surface area contributed by atoms with E-state index in [4.69, 9.17) is 0 Å². The van der Waals surface area contributed by atoms with Gasteiger partial charge in [0.25, 0.3) is 5.56 Å². The molecule has 3 rings (SSSR count). The lowest BCUT2D eigenvalue weighted by atomic mass is 10.1. The summed E-state index contributed by atoms with van der Waals surface area (Å²) in [6, 6.07) is 9.60. The molecule has 1 heterocycles. The number of rotatable bonds is 5. The minimum atomic E-state index is -0.0848. The van der Waals surface area contributed by atoms with Crippen molar-refractivity contribution in [3.05, 3.63) is 63.1 Å². The number of hydrogen-bond acceptors (Lipinski definition) is 3. The van der Waals surface area contributed by atoms with Crippen molar-refractivity contribution < 1.29 is 4.79 Å². The molecule has 5 heteroatoms. The maximum atomic E-state index is 12.0. The van der Waals surface area contributed by atoms with Crippen LogP contribution in [0.1, 0.15) is 28.8 Å². The predicted octanol–water partition coefficient (Wildman–Crippen LogP) is 1.40. The second-order valence-corrected chi connectivity index (χ2v) is 6.04. The SMILES string of the molecule is Cc1ccc(CC(=O)NCCn2nc3c(cc2=O)CCC3)cc1. The van der Waals surface area contributed by atoms with Crippen LogP contribution in [-0.2, 0) is 30.6 Å². The number of nitrogens with one attached hydrogen (secondary N) is 1. The molecule has 1 aromatic carbocycles. The zero-order chi connectivity index (χ0) is 16.2. The van der Waals surface area contributed by atoms with Gasteiger partial charge in [-0.05, 0) is 37.3 Å². The van der Waals surface area contributed by atoms with Crippen molar-refractivity contribution in [3.63, 3.8) is 0 Å². The van der Waals surface area contributed by atoms with Gasteiger partial charge in [-0.3, -0.25) is 9.59 Å². The Morgan fingerprint density at radius 2 is 2.04 bits per heavy atom. The first kappa shape index (κ1) is 15.5. The molecule has 1 amide bonds. The second-order valence-electron chi connectivity index (χ2n) is 6.04. The third-order valence-corrected chi connectivity index (χ3v) is 4.15. The Morgan fingerprint density at radius 1 is 1.26 bits per heavy atom. The number of carbonyl (C=O) groups excluding carboxylic acids is 1. The Kier molecular flexibility index (Phi) is 4.55. The Balaban J connectivity index is 1.52. The quantitative estimate of drug-likeness (QED) is 0.908. The smallest absolute Gasteiger partial charge is 0.267 e. The number of nitrogens with zero attached hydrogens (tertiary/aromatic N) is 2. The number of carbonyl (C=O) groups is 1. The molecular formula is C18H21N3O2. The summed E-state index contributed by atoms with van der Waals surface area (Å²) in [7, 11) is 0. The van der Waals surface area contributed by atoms with Crippen LogP contribution in [-0.4, -0.2) is 22.2 Å². The van der Waals surface area contributed by atoms with Crippen LogP contribution in [0.25, 0.3) is 0 Å². The Bertz CT molecular complexity index is 763. The molecule has 0 saturated carbocycles. The highest BCUT2D eigenvalue weighted by Crippen LogP contribution is 2.16. The minimum Gasteiger partial charge on any atom is -0.354 e. The van der Waals surface area contributed by atoms with Crippen molar-refractivity contribution >= 4 is 5.91 Å². The monoisotopic (exact) mass is 311 g/mol. The molecular weight excluding hydrogens is 290 g/mol. The van der Waals surface area contributed by atoms with Gasteiger partial charge >= 0.3 is 0 Å². The van der Waals surface area contributed by atoms with Crippen molar-refractivity contribution in [2.45, 2.75) is 39.2 Å². The summed E-state index contributed by atoms with van der Waals surface area (Å²) in [4.78, 5) is 23.9. The number of fused-ring (bicyclic) bond motifs is 1. The van der Waals surface area contributed by atoms with E-state index in [-0.39, 0.29) is 11.5 Å². The molecule has 0 aliphatic heterocycles. The third-order valence-electron chi connectivity index (χ3n) is 4.15. The molecule has 0 spiro atoms. The topological polar surface area (TPSA) is 64.0 Å². The minimum absolute atomic E-state index is 0.0388. The first-order valence-corrected chi connectivity index (χ1v) is 8.04. The molecule has 23 heavy (non-hydrogen) atoms. The number of benzene rings is 1. The van der Waals surface area contributed by atoms with E-state index in [9.17, 15) is 9.59 Å². The molecule has 5 nitrogen and oxygen atoms in total. The van der Waals surface area contributed by atoms with Crippen LogP contribution >= 0.6 is 0 Å². The molecule has 0 saturated heterocycles. The lowest BCUT2D eigenvalue weighted by Crippen LogP contribution is -2.33. The summed E-state index contributed by atoms with van der Waals surface area (Å²) in [5.41, 5.74) is 4.18. The van der Waals surface area contributed by atoms with Crippen molar-refractivity contribution in [1.29, 1.82) is 0 Å². The van der Waals surface area contributed by atoms with E-state index < -0.39 is 0 Å². The van der Waals surface area contributed by atoms with E-state index in [2.05, 4.69) is 10.4 Å². The fourth-order valence-corrected chi connectivity index (χ4v) is 2.85. The lowest BCUT2D eigenvalue weighted by Gasteiger charge is -2.08. The molecule has 1 aromatic heterocycles. The Labute approximate surface area is 135 Å². The molecule has 0 atom stereocenters. The molecule has 1 aliphatic carbocycles. The van der Waals surface area contributed by atoms with E-state index in [0.29, 0.717) is 19.5 Å². The van der Waals surface area contributed by atoms with Crippen molar-refractivity contribution in [1.82, 2.24) is 15.1 Å². The summed E-state index contributed by atoms with van der Waals surface area (Å²) in [5.74, 6) is -0.0388. The van der Waals surface area contributed by atoms with E-state index >= 15 is 0 Å². The average Bonchev–Trinajstić information content (AvgIpc) is 2.97. The van der Waals surface area contributed by atoms with E-state index in [1.807, 2.05) is 31.2 Å². The van der Waals surface area contributed by atoms with E-state index in [1.165, 1.54) is 10.2 Å². The number of aryl methyl sites for hydroxylation is 3. The molecule has 2 aromatic rings. The van der Waals surface area contributed by atoms with Crippen LogP contribution in [0.2, 0.25) is 0 Å². The highest BCUT2D eigenvalue weighted by Gasteiger charge is 2.14. The van der Waals surface area contributed by atoms with Gasteiger partial charge < -0.3 is 5.32 Å². The summed E-state index contributed by atoms with van der Waals surface area (Å²) in [6.07, 6.45) is 3.31. The van der Waals surface area contributed by atoms with Gasteiger partial charge in [0.2, 0.25) is 5.91 Å². The molecule has 0 fully saturated rings. The van der Waals surface area contributed by atoms with Crippen molar-refractivity contribution in [2.75, 3.05) is 6.54 Å². The lowest BCUT2D eigenvalue weighted by molar-refractivity contribution is -0.120. The van der Waals surface area contributed by atoms with Crippen LogP contribution in [0.5, 0.6) is 0 Å². The summed E-state index contributed by atoms with van der Waals surface area (Å²) < 4.78 is 1.45. The van der Waals surface area contributed by atoms with Crippen molar-refractivity contribution in [2.24, 2.45) is 0 Å². The van der Waals surface area contributed by atoms with Gasteiger partial charge in [0.1, 0.15) is 0 Å². The molecule has 1 N–H and O–H groups in total. The van der Waals surface area contributed by atoms with Crippen molar-refractivity contribution in [3.8, 4) is 0 Å². The van der Waals surface area contributed by atoms with Gasteiger partial charge in [0.05, 0.1) is 18.7 Å². The van der Waals surface area contributed by atoms with Crippen LogP contribution in [0.3, 0.4) is 0 Å². The fraction of sp³-hybridized carbons (Fsp3) is 0.389. The third kappa shape index (κ3) is 3.86. The predicted molar refractivity (Wildman–Crippen MR) is 88.4 cm³/mol.